The molecule has 158 valence electrons. The lowest BCUT2D eigenvalue weighted by Gasteiger charge is -2.37. The maximum absolute atomic E-state index is 13.3. The molecule has 6 heteroatoms. The van der Waals surface area contributed by atoms with Gasteiger partial charge in [0.05, 0.1) is 6.04 Å². The first kappa shape index (κ1) is 20.7. The number of carbonyl (C=O) groups excluding carboxylic acids is 2. The summed E-state index contributed by atoms with van der Waals surface area (Å²) in [5.74, 6) is 0.970. The first-order chi connectivity index (χ1) is 14.6. The van der Waals surface area contributed by atoms with E-state index in [1.165, 1.54) is 4.88 Å². The van der Waals surface area contributed by atoms with Gasteiger partial charge in [0.15, 0.2) is 0 Å². The van der Waals surface area contributed by atoms with Gasteiger partial charge < -0.3 is 14.5 Å². The van der Waals surface area contributed by atoms with E-state index < -0.39 is 0 Å². The average molecular weight is 425 g/mol. The summed E-state index contributed by atoms with van der Waals surface area (Å²) in [5, 5.41) is 2.08. The molecule has 1 aliphatic heterocycles. The highest BCUT2D eigenvalue weighted by molar-refractivity contribution is 7.10. The number of nitrogens with zero attached hydrogens (tertiary/aromatic N) is 2. The summed E-state index contributed by atoms with van der Waals surface area (Å²) in [5.41, 5.74) is 2.24. The molecule has 2 heterocycles. The number of rotatable bonds is 8. The van der Waals surface area contributed by atoms with E-state index >= 15 is 0 Å². The summed E-state index contributed by atoms with van der Waals surface area (Å²) >= 11 is 1.74. The van der Waals surface area contributed by atoms with Crippen molar-refractivity contribution in [1.29, 1.82) is 0 Å². The Balaban J connectivity index is 1.51. The van der Waals surface area contributed by atoms with Crippen LogP contribution in [0.4, 0.5) is 0 Å². The predicted octanol–water partition coefficient (Wildman–Crippen LogP) is 3.99. The summed E-state index contributed by atoms with van der Waals surface area (Å²) in [4.78, 5) is 30.7. The van der Waals surface area contributed by atoms with E-state index in [-0.39, 0.29) is 30.3 Å². The minimum atomic E-state index is -0.145. The van der Waals surface area contributed by atoms with Gasteiger partial charge in [-0.05, 0) is 54.8 Å². The van der Waals surface area contributed by atoms with Crippen LogP contribution in [0, 0.1) is 12.8 Å². The maximum Gasteiger partial charge on any atom is 0.242 e. The molecule has 2 amide bonds. The van der Waals surface area contributed by atoms with Crippen molar-refractivity contribution in [3.63, 3.8) is 0 Å². The molecular formula is C24H28N2O3S. The fourth-order valence-corrected chi connectivity index (χ4v) is 4.92. The van der Waals surface area contributed by atoms with Crippen LogP contribution in [-0.2, 0) is 16.0 Å². The molecule has 0 saturated heterocycles. The fraction of sp³-hybridized carbons (Fsp3) is 0.417. The number of ether oxygens (including phenoxy) is 1. The molecule has 2 aliphatic rings. The minimum Gasteiger partial charge on any atom is -0.491 e. The van der Waals surface area contributed by atoms with Crippen molar-refractivity contribution in [2.45, 2.75) is 32.2 Å². The highest BCUT2D eigenvalue weighted by Gasteiger charge is 2.36. The third-order valence-electron chi connectivity index (χ3n) is 5.82. The van der Waals surface area contributed by atoms with Crippen molar-refractivity contribution in [3.8, 4) is 5.75 Å². The molecule has 0 spiro atoms. The van der Waals surface area contributed by atoms with Gasteiger partial charge >= 0.3 is 0 Å². The number of hydrogen-bond donors (Lipinski definition) is 0. The molecule has 1 atom stereocenters. The zero-order valence-corrected chi connectivity index (χ0v) is 18.2. The molecule has 1 fully saturated rings. The van der Waals surface area contributed by atoms with Gasteiger partial charge in [0.1, 0.15) is 18.9 Å². The Kier molecular flexibility index (Phi) is 6.23. The number of amides is 2. The molecule has 1 aliphatic carbocycles. The lowest BCUT2D eigenvalue weighted by Crippen LogP contribution is -2.48. The van der Waals surface area contributed by atoms with Gasteiger partial charge in [-0.2, -0.15) is 0 Å². The van der Waals surface area contributed by atoms with Crippen molar-refractivity contribution >= 4 is 23.2 Å². The predicted molar refractivity (Wildman–Crippen MR) is 119 cm³/mol. The summed E-state index contributed by atoms with van der Waals surface area (Å²) in [7, 11) is 0. The second kappa shape index (κ2) is 9.04. The van der Waals surface area contributed by atoms with Gasteiger partial charge in [-0.15, -0.1) is 17.9 Å². The molecule has 1 saturated carbocycles. The van der Waals surface area contributed by atoms with Crippen LogP contribution in [0.2, 0.25) is 0 Å². The van der Waals surface area contributed by atoms with E-state index in [1.54, 1.807) is 22.3 Å². The minimum absolute atomic E-state index is 0.0268. The van der Waals surface area contributed by atoms with Gasteiger partial charge in [0.25, 0.3) is 0 Å². The largest absolute Gasteiger partial charge is 0.491 e. The van der Waals surface area contributed by atoms with Gasteiger partial charge in [-0.25, -0.2) is 0 Å². The normalized spacial score (nSPS) is 17.9. The van der Waals surface area contributed by atoms with Crippen LogP contribution >= 0.6 is 11.3 Å². The van der Waals surface area contributed by atoms with E-state index in [2.05, 4.69) is 18.0 Å². The third-order valence-corrected chi connectivity index (χ3v) is 6.82. The fourth-order valence-electron chi connectivity index (χ4n) is 3.99. The number of aryl methyl sites for hydroxylation is 1. The number of carbonyl (C=O) groups is 2. The van der Waals surface area contributed by atoms with Crippen LogP contribution in [0.25, 0.3) is 0 Å². The molecule has 0 unspecified atom stereocenters. The molecule has 2 aromatic rings. The van der Waals surface area contributed by atoms with E-state index in [9.17, 15) is 9.59 Å². The highest BCUT2D eigenvalue weighted by atomic mass is 32.1. The smallest absolute Gasteiger partial charge is 0.242 e. The Morgan fingerprint density at radius 1 is 1.30 bits per heavy atom. The number of benzene rings is 1. The third kappa shape index (κ3) is 4.43. The van der Waals surface area contributed by atoms with Gasteiger partial charge in [0, 0.05) is 23.9 Å². The topological polar surface area (TPSA) is 49.9 Å². The number of thiophene rings is 1. The zero-order valence-electron chi connectivity index (χ0n) is 17.4. The van der Waals surface area contributed by atoms with Crippen LogP contribution in [0.1, 0.15) is 34.9 Å². The quantitative estimate of drug-likeness (QED) is 0.602. The SMILES string of the molecule is C=CCN(CC(=O)N1CCc2sccc2[C@H]1COc1ccccc1C)C(=O)C1CC1. The van der Waals surface area contributed by atoms with E-state index in [1.807, 2.05) is 36.1 Å². The Bertz CT molecular complexity index is 934. The van der Waals surface area contributed by atoms with Crippen LogP contribution < -0.4 is 4.74 Å². The standard InChI is InChI=1S/C24H28N2O3S/c1-3-12-25(24(28)18-8-9-18)15-23(27)26-13-10-22-19(11-14-30-22)20(26)16-29-21-7-5-4-6-17(21)2/h3-7,11,14,18,20H,1,8-10,12-13,15-16H2,2H3/t20-/m1/s1. The first-order valence-corrected chi connectivity index (χ1v) is 11.4. The molecule has 0 N–H and O–H groups in total. The Hall–Kier alpha value is -2.60. The van der Waals surface area contributed by atoms with Gasteiger partial charge in [0.2, 0.25) is 11.8 Å². The molecule has 4 rings (SSSR count). The molecular weight excluding hydrogens is 396 g/mol. The van der Waals surface area contributed by atoms with E-state index in [0.29, 0.717) is 19.7 Å². The lowest BCUT2D eigenvalue weighted by molar-refractivity contribution is -0.142. The Morgan fingerprint density at radius 3 is 2.83 bits per heavy atom. The van der Waals surface area contributed by atoms with E-state index in [4.69, 9.17) is 4.74 Å². The van der Waals surface area contributed by atoms with Crippen LogP contribution in [0.5, 0.6) is 5.75 Å². The molecule has 0 bridgehead atoms. The Morgan fingerprint density at radius 2 is 2.10 bits per heavy atom. The van der Waals surface area contributed by atoms with Crippen molar-refractivity contribution < 1.29 is 14.3 Å². The van der Waals surface area contributed by atoms with Crippen LogP contribution in [-0.4, -0.2) is 47.9 Å². The zero-order chi connectivity index (χ0) is 21.1. The van der Waals surface area contributed by atoms with E-state index in [0.717, 1.165) is 36.1 Å². The Labute approximate surface area is 181 Å². The molecule has 30 heavy (non-hydrogen) atoms. The number of para-hydroxylation sites is 1. The van der Waals surface area contributed by atoms with Crippen molar-refractivity contribution in [2.24, 2.45) is 5.92 Å². The lowest BCUT2D eigenvalue weighted by atomic mass is 10.00. The summed E-state index contributed by atoms with van der Waals surface area (Å²) in [6, 6.07) is 9.88. The number of hydrogen-bond acceptors (Lipinski definition) is 4. The maximum atomic E-state index is 13.3. The van der Waals surface area contributed by atoms with Gasteiger partial charge in [-0.3, -0.25) is 9.59 Å². The molecule has 0 radical (unpaired) electrons. The molecule has 1 aromatic heterocycles. The van der Waals surface area contributed by atoms with Crippen LogP contribution in [0.3, 0.4) is 0 Å². The molecule has 1 aromatic carbocycles. The summed E-state index contributed by atoms with van der Waals surface area (Å²) in [6.07, 6.45) is 4.39. The van der Waals surface area contributed by atoms with Crippen molar-refractivity contribution in [2.75, 3.05) is 26.2 Å². The van der Waals surface area contributed by atoms with Crippen molar-refractivity contribution in [1.82, 2.24) is 9.80 Å². The number of fused-ring (bicyclic) bond motifs is 1. The van der Waals surface area contributed by atoms with Crippen molar-refractivity contribution in [3.05, 3.63) is 64.4 Å². The molecule has 5 nitrogen and oxygen atoms in total. The van der Waals surface area contributed by atoms with Crippen LogP contribution in [0.15, 0.2) is 48.4 Å². The van der Waals surface area contributed by atoms with Gasteiger partial charge in [-0.1, -0.05) is 24.3 Å². The summed E-state index contributed by atoms with van der Waals surface area (Å²) < 4.78 is 6.15. The first-order valence-electron chi connectivity index (χ1n) is 10.5. The second-order valence-corrected chi connectivity index (χ2v) is 9.01. The average Bonchev–Trinajstić information content (AvgIpc) is 3.48. The second-order valence-electron chi connectivity index (χ2n) is 8.01. The monoisotopic (exact) mass is 424 g/mol. The highest BCUT2D eigenvalue weighted by Crippen LogP contribution is 2.35. The summed E-state index contributed by atoms with van der Waals surface area (Å²) in [6.45, 7) is 7.33.